The first-order valence-corrected chi connectivity index (χ1v) is 10.7. The third kappa shape index (κ3) is 6.76. The molecule has 0 aliphatic carbocycles. The van der Waals surface area contributed by atoms with Gasteiger partial charge in [0.15, 0.2) is 5.82 Å². The fraction of sp³-hybridized carbons (Fsp3) is 0.0833. The van der Waals surface area contributed by atoms with Gasteiger partial charge in [-0.25, -0.2) is 15.0 Å². The van der Waals surface area contributed by atoms with Crippen molar-refractivity contribution in [3.05, 3.63) is 77.4 Å². The predicted molar refractivity (Wildman–Crippen MR) is 157 cm³/mol. The Bertz CT molecular complexity index is 1530. The van der Waals surface area contributed by atoms with E-state index in [1.54, 1.807) is 36.4 Å². The van der Waals surface area contributed by atoms with Gasteiger partial charge in [0.05, 0.1) is 11.0 Å². The number of nitrogens with two attached hydrogens (primary N) is 2. The molecule has 14 heteroatoms. The molecule has 0 spiro atoms. The number of benzene rings is 2. The van der Waals surface area contributed by atoms with Crippen LogP contribution in [0.3, 0.4) is 0 Å². The second-order valence-corrected chi connectivity index (χ2v) is 7.98. The monoisotopic (exact) mass is 574 g/mol. The van der Waals surface area contributed by atoms with E-state index >= 15 is 0 Å². The van der Waals surface area contributed by atoms with Crippen LogP contribution in [0.25, 0.3) is 11.0 Å². The highest BCUT2D eigenvalue weighted by Crippen LogP contribution is 2.23. The molecule has 0 aliphatic heterocycles. The molecule has 0 amide bonds. The maximum atomic E-state index is 13.0. The van der Waals surface area contributed by atoms with E-state index in [1.807, 2.05) is 32.0 Å². The summed E-state index contributed by atoms with van der Waals surface area (Å²) in [6.07, 6.45) is 0. The number of anilines is 6. The molecule has 7 N–H and O–H groups in total. The van der Waals surface area contributed by atoms with E-state index in [1.165, 1.54) is 0 Å². The average Bonchev–Trinajstić information content (AvgIpc) is 3.21. The molecule has 5 aromatic rings. The van der Waals surface area contributed by atoms with Gasteiger partial charge in [-0.15, -0.1) is 37.2 Å². The summed E-state index contributed by atoms with van der Waals surface area (Å²) in [5.74, 6) is 1.57. The van der Waals surface area contributed by atoms with E-state index in [-0.39, 0.29) is 60.7 Å². The topological polar surface area (TPSA) is 173 Å². The average molecular weight is 576 g/mol. The van der Waals surface area contributed by atoms with Crippen molar-refractivity contribution < 1.29 is 4.79 Å². The third-order valence-electron chi connectivity index (χ3n) is 5.13. The number of rotatable bonds is 6. The van der Waals surface area contributed by atoms with Crippen LogP contribution >= 0.6 is 37.2 Å². The van der Waals surface area contributed by atoms with Gasteiger partial charge in [0.25, 0.3) is 0 Å². The van der Waals surface area contributed by atoms with Crippen molar-refractivity contribution in [3.8, 4) is 0 Å². The SMILES string of the molecule is Cc1cc(Nc2ccc(C(=O)c3nc4cc(Nc5cc(C)nc(N)n5)ccc4[nH]3)cc2)nc(N)n1.Cl.Cl.Cl. The molecule has 0 saturated heterocycles. The van der Waals surface area contributed by atoms with Crippen LogP contribution in [-0.4, -0.2) is 35.7 Å². The molecule has 3 heterocycles. The zero-order chi connectivity index (χ0) is 24.5. The summed E-state index contributed by atoms with van der Waals surface area (Å²) in [5.41, 5.74) is 16.3. The second-order valence-electron chi connectivity index (χ2n) is 7.98. The largest absolute Gasteiger partial charge is 0.368 e. The molecule has 11 nitrogen and oxygen atoms in total. The Kier molecular flexibility index (Phi) is 9.78. The summed E-state index contributed by atoms with van der Waals surface area (Å²) >= 11 is 0. The number of aryl methyl sites for hydroxylation is 2. The maximum absolute atomic E-state index is 13.0. The van der Waals surface area contributed by atoms with Crippen LogP contribution in [0.4, 0.5) is 34.9 Å². The molecule has 0 aliphatic rings. The number of hydrogen-bond donors (Lipinski definition) is 5. The minimum absolute atomic E-state index is 0. The standard InChI is InChI=1S/C24H22N10O.3ClH/c1-12-9-19(33-23(25)27-12)29-15-5-3-14(4-6-15)21(35)22-31-17-8-7-16(11-18(17)32-22)30-20-10-13(2)28-24(26)34-20;;;/h3-11H,1-2H3,(H,31,32)(H3,25,27,29,33)(H3,26,28,30,34);3*1H. The van der Waals surface area contributed by atoms with Crippen LogP contribution in [-0.2, 0) is 0 Å². The molecule has 0 atom stereocenters. The molecule has 0 unspecified atom stereocenters. The van der Waals surface area contributed by atoms with E-state index in [0.717, 1.165) is 28.3 Å². The lowest BCUT2D eigenvalue weighted by Gasteiger charge is -2.07. The Labute approximate surface area is 236 Å². The predicted octanol–water partition coefficient (Wildman–Crippen LogP) is 4.91. The number of aromatic nitrogens is 6. The molecule has 0 saturated carbocycles. The van der Waals surface area contributed by atoms with Crippen LogP contribution in [0.5, 0.6) is 0 Å². The summed E-state index contributed by atoms with van der Waals surface area (Å²) in [5, 5.41) is 6.34. The lowest BCUT2D eigenvalue weighted by atomic mass is 10.1. The number of hydrogen-bond acceptors (Lipinski definition) is 10. The molecular formula is C24H25Cl3N10O. The quantitative estimate of drug-likeness (QED) is 0.175. The first-order valence-electron chi connectivity index (χ1n) is 10.7. The van der Waals surface area contributed by atoms with Gasteiger partial charge in [-0.3, -0.25) is 4.79 Å². The molecular weight excluding hydrogens is 551 g/mol. The van der Waals surface area contributed by atoms with Crippen LogP contribution in [0, 0.1) is 13.8 Å². The fourth-order valence-corrected chi connectivity index (χ4v) is 3.64. The van der Waals surface area contributed by atoms with Crippen molar-refractivity contribution in [2.45, 2.75) is 13.8 Å². The smallest absolute Gasteiger partial charge is 0.228 e. The first kappa shape index (κ1) is 30.0. The van der Waals surface area contributed by atoms with Crippen LogP contribution < -0.4 is 22.1 Å². The summed E-state index contributed by atoms with van der Waals surface area (Å²) in [4.78, 5) is 37.1. The van der Waals surface area contributed by atoms with Crippen molar-refractivity contribution in [1.29, 1.82) is 0 Å². The number of nitrogen functional groups attached to an aromatic ring is 2. The highest BCUT2D eigenvalue weighted by molar-refractivity contribution is 6.08. The second kappa shape index (κ2) is 12.4. The third-order valence-corrected chi connectivity index (χ3v) is 5.13. The summed E-state index contributed by atoms with van der Waals surface area (Å²) in [6, 6.07) is 16.2. The Morgan fingerprint density at radius 1 is 0.711 bits per heavy atom. The number of fused-ring (bicyclic) bond motifs is 1. The van der Waals surface area contributed by atoms with Gasteiger partial charge in [-0.2, -0.15) is 9.97 Å². The number of imidazole rings is 1. The van der Waals surface area contributed by atoms with Gasteiger partial charge in [0.1, 0.15) is 11.6 Å². The van der Waals surface area contributed by atoms with Crippen molar-refractivity contribution >= 4 is 88.9 Å². The number of halogens is 3. The number of H-pyrrole nitrogens is 1. The van der Waals surface area contributed by atoms with Gasteiger partial charge in [-0.1, -0.05) is 0 Å². The van der Waals surface area contributed by atoms with E-state index in [9.17, 15) is 4.79 Å². The number of nitrogens with one attached hydrogen (secondary N) is 3. The molecule has 0 bridgehead atoms. The molecule has 0 fully saturated rings. The highest BCUT2D eigenvalue weighted by atomic mass is 35.5. The Balaban J connectivity index is 0.00000169. The molecule has 38 heavy (non-hydrogen) atoms. The number of carbonyl (C=O) groups is 1. The molecule has 5 rings (SSSR count). The molecule has 2 aromatic carbocycles. The molecule has 0 radical (unpaired) electrons. The Morgan fingerprint density at radius 3 is 1.79 bits per heavy atom. The van der Waals surface area contributed by atoms with E-state index in [4.69, 9.17) is 11.5 Å². The van der Waals surface area contributed by atoms with Gasteiger partial charge < -0.3 is 27.1 Å². The van der Waals surface area contributed by atoms with Crippen LogP contribution in [0.1, 0.15) is 27.6 Å². The van der Waals surface area contributed by atoms with E-state index in [2.05, 4.69) is 40.5 Å². The molecule has 3 aromatic heterocycles. The lowest BCUT2D eigenvalue weighted by Crippen LogP contribution is -2.04. The fourth-order valence-electron chi connectivity index (χ4n) is 3.64. The summed E-state index contributed by atoms with van der Waals surface area (Å²) < 4.78 is 0. The van der Waals surface area contributed by atoms with E-state index in [0.29, 0.717) is 22.7 Å². The van der Waals surface area contributed by atoms with Gasteiger partial charge in [-0.05, 0) is 56.3 Å². The number of aromatic amines is 1. The number of nitrogens with zero attached hydrogens (tertiary/aromatic N) is 5. The van der Waals surface area contributed by atoms with Crippen molar-refractivity contribution in [2.24, 2.45) is 0 Å². The van der Waals surface area contributed by atoms with Crippen molar-refractivity contribution in [2.75, 3.05) is 22.1 Å². The lowest BCUT2D eigenvalue weighted by molar-refractivity contribution is 0.103. The highest BCUT2D eigenvalue weighted by Gasteiger charge is 2.15. The Morgan fingerprint density at radius 2 is 1.24 bits per heavy atom. The van der Waals surface area contributed by atoms with Crippen molar-refractivity contribution in [1.82, 2.24) is 29.9 Å². The number of carbonyl (C=O) groups excluding carboxylic acids is 1. The van der Waals surface area contributed by atoms with E-state index < -0.39 is 0 Å². The minimum Gasteiger partial charge on any atom is -0.368 e. The van der Waals surface area contributed by atoms with Gasteiger partial charge in [0.2, 0.25) is 17.7 Å². The normalized spacial score (nSPS) is 10.1. The molecule has 198 valence electrons. The maximum Gasteiger partial charge on any atom is 0.228 e. The minimum atomic E-state index is -0.219. The number of ketones is 1. The summed E-state index contributed by atoms with van der Waals surface area (Å²) in [7, 11) is 0. The van der Waals surface area contributed by atoms with Crippen LogP contribution in [0.2, 0.25) is 0 Å². The van der Waals surface area contributed by atoms with Gasteiger partial charge >= 0.3 is 0 Å². The summed E-state index contributed by atoms with van der Waals surface area (Å²) in [6.45, 7) is 3.68. The first-order chi connectivity index (χ1) is 16.8. The zero-order valence-electron chi connectivity index (χ0n) is 20.2. The zero-order valence-corrected chi connectivity index (χ0v) is 22.7. The van der Waals surface area contributed by atoms with Crippen LogP contribution in [0.15, 0.2) is 54.6 Å². The van der Waals surface area contributed by atoms with Gasteiger partial charge in [0, 0.05) is 40.5 Å². The Hall–Kier alpha value is -4.19. The van der Waals surface area contributed by atoms with Crippen molar-refractivity contribution in [3.63, 3.8) is 0 Å².